The lowest BCUT2D eigenvalue weighted by molar-refractivity contribution is 0.397. The number of rotatable bonds is 2. The largest absolute Gasteiger partial charge is 0.481 e. The Kier molecular flexibility index (Phi) is 2.57. The Balaban J connectivity index is 2.80. The Morgan fingerprint density at radius 2 is 2.30 bits per heavy atom. The molecule has 1 heterocycles. The van der Waals surface area contributed by atoms with Gasteiger partial charge in [-0.3, -0.25) is 0 Å². The molecule has 0 unspecified atom stereocenters. The summed E-state index contributed by atoms with van der Waals surface area (Å²) in [7, 11) is 1.61. The molecule has 0 spiro atoms. The van der Waals surface area contributed by atoms with Gasteiger partial charge in [0, 0.05) is 17.2 Å². The topological polar surface area (TPSA) is 22.1 Å². The Hall–Kier alpha value is -0.700. The maximum absolute atomic E-state index is 4.89. The number of hydrogen-bond donors (Lipinski definition) is 0. The van der Waals surface area contributed by atoms with Crippen molar-refractivity contribution < 1.29 is 4.74 Å². The highest BCUT2D eigenvalue weighted by Gasteiger charge is 1.91. The van der Waals surface area contributed by atoms with Crippen LogP contribution in [0.5, 0.6) is 5.88 Å². The van der Waals surface area contributed by atoms with Crippen molar-refractivity contribution in [2.24, 2.45) is 0 Å². The number of nitrogens with zero attached hydrogens (tertiary/aromatic N) is 1. The summed E-state index contributed by atoms with van der Waals surface area (Å²) in [6.07, 6.45) is 3.81. The van der Waals surface area contributed by atoms with Crippen molar-refractivity contribution in [3.63, 3.8) is 0 Å². The fourth-order valence-corrected chi connectivity index (χ4v) is 0.970. The average Bonchev–Trinajstić information content (AvgIpc) is 2.05. The second kappa shape index (κ2) is 3.46. The zero-order valence-corrected chi connectivity index (χ0v) is 6.81. The van der Waals surface area contributed by atoms with Gasteiger partial charge in [0.25, 0.3) is 0 Å². The summed E-state index contributed by atoms with van der Waals surface area (Å²) in [4.78, 5) is 5.18. The predicted molar refractivity (Wildman–Crippen MR) is 42.6 cm³/mol. The van der Waals surface area contributed by atoms with Crippen molar-refractivity contribution >= 4 is 11.8 Å². The van der Waals surface area contributed by atoms with Crippen molar-refractivity contribution in [2.45, 2.75) is 4.90 Å². The Morgan fingerprint density at radius 3 is 2.70 bits per heavy atom. The molecule has 54 valence electrons. The zero-order chi connectivity index (χ0) is 7.40. The molecule has 0 aliphatic rings. The molecule has 0 aliphatic carbocycles. The highest BCUT2D eigenvalue weighted by molar-refractivity contribution is 7.98. The fourth-order valence-electron chi connectivity index (χ4n) is 0.608. The minimum Gasteiger partial charge on any atom is -0.481 e. The highest BCUT2D eigenvalue weighted by Crippen LogP contribution is 2.14. The minimum absolute atomic E-state index is 0.665. The van der Waals surface area contributed by atoms with Gasteiger partial charge in [0.2, 0.25) is 5.88 Å². The van der Waals surface area contributed by atoms with Crippen molar-refractivity contribution in [1.82, 2.24) is 4.98 Å². The van der Waals surface area contributed by atoms with E-state index in [-0.39, 0.29) is 0 Å². The molecule has 0 fully saturated rings. The molecule has 3 heteroatoms. The first kappa shape index (κ1) is 7.41. The first-order valence-electron chi connectivity index (χ1n) is 2.91. The van der Waals surface area contributed by atoms with E-state index >= 15 is 0 Å². The molecular weight excluding hydrogens is 146 g/mol. The molecule has 0 aliphatic heterocycles. The van der Waals surface area contributed by atoms with Crippen molar-refractivity contribution in [2.75, 3.05) is 13.4 Å². The summed E-state index contributed by atoms with van der Waals surface area (Å²) in [5.41, 5.74) is 0. The number of thioether (sulfide) groups is 1. The van der Waals surface area contributed by atoms with E-state index < -0.39 is 0 Å². The summed E-state index contributed by atoms with van der Waals surface area (Å²) >= 11 is 1.67. The van der Waals surface area contributed by atoms with E-state index in [4.69, 9.17) is 4.74 Å². The van der Waals surface area contributed by atoms with Crippen LogP contribution in [0.2, 0.25) is 0 Å². The molecule has 2 nitrogen and oxygen atoms in total. The number of methoxy groups -OCH3 is 1. The van der Waals surface area contributed by atoms with Crippen LogP contribution in [0.15, 0.2) is 23.2 Å². The SMILES string of the molecule is COc1ccc(SC)cn1. The van der Waals surface area contributed by atoms with Crippen LogP contribution in [-0.4, -0.2) is 18.3 Å². The molecule has 0 N–H and O–H groups in total. The molecule has 0 radical (unpaired) electrons. The van der Waals surface area contributed by atoms with Crippen molar-refractivity contribution in [3.05, 3.63) is 18.3 Å². The van der Waals surface area contributed by atoms with E-state index in [1.54, 1.807) is 25.1 Å². The van der Waals surface area contributed by atoms with Crippen LogP contribution in [0, 0.1) is 0 Å². The van der Waals surface area contributed by atoms with Gasteiger partial charge in [-0.1, -0.05) is 0 Å². The van der Waals surface area contributed by atoms with Crippen LogP contribution in [0.25, 0.3) is 0 Å². The molecule has 1 rings (SSSR count). The molecule has 0 saturated heterocycles. The number of aromatic nitrogens is 1. The number of hydrogen-bond acceptors (Lipinski definition) is 3. The quantitative estimate of drug-likeness (QED) is 0.608. The first-order chi connectivity index (χ1) is 4.86. The van der Waals surface area contributed by atoms with E-state index in [1.807, 2.05) is 18.4 Å². The summed E-state index contributed by atoms with van der Waals surface area (Å²) in [5.74, 6) is 0.665. The Labute approximate surface area is 64.6 Å². The lowest BCUT2D eigenvalue weighted by Gasteiger charge is -1.97. The third kappa shape index (κ3) is 1.64. The summed E-state index contributed by atoms with van der Waals surface area (Å²) in [6, 6.07) is 3.84. The van der Waals surface area contributed by atoms with E-state index in [1.165, 1.54) is 0 Å². The first-order valence-corrected chi connectivity index (χ1v) is 4.13. The monoisotopic (exact) mass is 155 g/mol. The zero-order valence-electron chi connectivity index (χ0n) is 6.00. The molecule has 0 bridgehead atoms. The van der Waals surface area contributed by atoms with Crippen LogP contribution < -0.4 is 4.74 Å². The summed E-state index contributed by atoms with van der Waals surface area (Å²) < 4.78 is 4.89. The van der Waals surface area contributed by atoms with Gasteiger partial charge in [-0.05, 0) is 12.3 Å². The Bertz CT molecular complexity index is 174. The maximum Gasteiger partial charge on any atom is 0.212 e. The van der Waals surface area contributed by atoms with Gasteiger partial charge in [0.1, 0.15) is 0 Å². The van der Waals surface area contributed by atoms with Gasteiger partial charge >= 0.3 is 0 Å². The molecule has 1 aromatic heterocycles. The predicted octanol–water partition coefficient (Wildman–Crippen LogP) is 1.81. The molecule has 0 saturated carbocycles. The normalized spacial score (nSPS) is 9.40. The Morgan fingerprint density at radius 1 is 1.50 bits per heavy atom. The van der Waals surface area contributed by atoms with Gasteiger partial charge in [-0.25, -0.2) is 4.98 Å². The smallest absolute Gasteiger partial charge is 0.212 e. The van der Waals surface area contributed by atoms with E-state index in [2.05, 4.69) is 4.98 Å². The number of pyridine rings is 1. The molecule has 1 aromatic rings. The van der Waals surface area contributed by atoms with Gasteiger partial charge in [-0.2, -0.15) is 0 Å². The van der Waals surface area contributed by atoms with Gasteiger partial charge < -0.3 is 4.74 Å². The summed E-state index contributed by atoms with van der Waals surface area (Å²) in [6.45, 7) is 0. The van der Waals surface area contributed by atoms with E-state index in [0.717, 1.165) is 4.90 Å². The van der Waals surface area contributed by atoms with Crippen LogP contribution in [0.3, 0.4) is 0 Å². The average molecular weight is 155 g/mol. The second-order valence-corrected chi connectivity index (χ2v) is 2.62. The maximum atomic E-state index is 4.89. The number of ether oxygens (including phenoxy) is 1. The lowest BCUT2D eigenvalue weighted by Crippen LogP contribution is -1.85. The van der Waals surface area contributed by atoms with Gasteiger partial charge in [-0.15, -0.1) is 11.8 Å². The van der Waals surface area contributed by atoms with Crippen LogP contribution in [0.4, 0.5) is 0 Å². The second-order valence-electron chi connectivity index (χ2n) is 1.74. The molecule has 0 atom stereocenters. The van der Waals surface area contributed by atoms with Crippen LogP contribution in [0.1, 0.15) is 0 Å². The third-order valence-electron chi connectivity index (χ3n) is 1.15. The molecule has 10 heavy (non-hydrogen) atoms. The van der Waals surface area contributed by atoms with Crippen molar-refractivity contribution in [1.29, 1.82) is 0 Å². The van der Waals surface area contributed by atoms with Crippen LogP contribution in [-0.2, 0) is 0 Å². The third-order valence-corrected chi connectivity index (χ3v) is 1.87. The van der Waals surface area contributed by atoms with Gasteiger partial charge in [0.05, 0.1) is 7.11 Å². The van der Waals surface area contributed by atoms with Gasteiger partial charge in [0.15, 0.2) is 0 Å². The molecule has 0 amide bonds. The minimum atomic E-state index is 0.665. The highest BCUT2D eigenvalue weighted by atomic mass is 32.2. The summed E-state index contributed by atoms with van der Waals surface area (Å²) in [5, 5.41) is 0. The van der Waals surface area contributed by atoms with Crippen LogP contribution >= 0.6 is 11.8 Å². The standard InChI is InChI=1S/C7H9NOS/c1-9-7-4-3-6(10-2)5-8-7/h3-5H,1-2H3. The van der Waals surface area contributed by atoms with Crippen molar-refractivity contribution in [3.8, 4) is 5.88 Å². The molecule has 0 aromatic carbocycles. The molecular formula is C7H9NOS. The van der Waals surface area contributed by atoms with E-state index in [9.17, 15) is 0 Å². The fraction of sp³-hybridized carbons (Fsp3) is 0.286. The van der Waals surface area contributed by atoms with E-state index in [0.29, 0.717) is 5.88 Å². The lowest BCUT2D eigenvalue weighted by atomic mass is 10.5.